The second-order valence-electron chi connectivity index (χ2n) is 9.24. The highest BCUT2D eigenvalue weighted by Crippen LogP contribution is 2.39. The van der Waals surface area contributed by atoms with E-state index in [1.54, 1.807) is 0 Å². The highest BCUT2D eigenvalue weighted by molar-refractivity contribution is 7.13. The predicted octanol–water partition coefficient (Wildman–Crippen LogP) is 5.01. The maximum absolute atomic E-state index is 13.6. The lowest BCUT2D eigenvalue weighted by atomic mass is 9.91. The first-order chi connectivity index (χ1) is 16.7. The molecule has 3 aromatic rings. The van der Waals surface area contributed by atoms with E-state index in [1.165, 1.54) is 21.8 Å². The largest absolute Gasteiger partial charge is 0.464 e. The molecule has 1 saturated heterocycles. The van der Waals surface area contributed by atoms with Gasteiger partial charge < -0.3 is 4.74 Å². The second-order valence-corrected chi connectivity index (χ2v) is 11.5. The molecule has 178 valence electrons. The molecule has 1 atom stereocenters. The van der Waals surface area contributed by atoms with Gasteiger partial charge in [-0.1, -0.05) is 30.3 Å². The van der Waals surface area contributed by atoms with Crippen molar-refractivity contribution >= 4 is 34.9 Å². The molecule has 1 aliphatic heterocycles. The number of hydrogen-bond donors (Lipinski definition) is 1. The SMILES string of the molecule is O=Cc1ccc(CNC2(C(=O)OCC3CCN(Cc4cccs4)CC3)CCc3ccccc32)s1. The highest BCUT2D eigenvalue weighted by atomic mass is 32.1. The van der Waals surface area contributed by atoms with E-state index in [4.69, 9.17) is 4.74 Å². The number of aldehydes is 1. The van der Waals surface area contributed by atoms with E-state index in [-0.39, 0.29) is 5.97 Å². The van der Waals surface area contributed by atoms with Crippen molar-refractivity contribution in [1.29, 1.82) is 0 Å². The van der Waals surface area contributed by atoms with E-state index in [0.29, 0.717) is 30.4 Å². The van der Waals surface area contributed by atoms with Crippen molar-refractivity contribution in [1.82, 2.24) is 10.2 Å². The summed E-state index contributed by atoms with van der Waals surface area (Å²) in [7, 11) is 0. The van der Waals surface area contributed by atoms with Crippen LogP contribution in [-0.2, 0) is 34.6 Å². The van der Waals surface area contributed by atoms with Crippen molar-refractivity contribution in [2.45, 2.75) is 44.3 Å². The zero-order valence-corrected chi connectivity index (χ0v) is 20.8. The molecule has 0 bridgehead atoms. The summed E-state index contributed by atoms with van der Waals surface area (Å²) in [6, 6.07) is 16.2. The number of nitrogens with one attached hydrogen (secondary N) is 1. The Morgan fingerprint density at radius 2 is 1.97 bits per heavy atom. The zero-order valence-electron chi connectivity index (χ0n) is 19.2. The first-order valence-electron chi connectivity index (χ1n) is 12.0. The van der Waals surface area contributed by atoms with Gasteiger partial charge in [-0.05, 0) is 79.4 Å². The van der Waals surface area contributed by atoms with Gasteiger partial charge in [-0.15, -0.1) is 22.7 Å². The van der Waals surface area contributed by atoms with E-state index in [0.717, 1.165) is 55.6 Å². The summed E-state index contributed by atoms with van der Waals surface area (Å²) in [5, 5.41) is 5.67. The Labute approximate surface area is 208 Å². The number of ether oxygens (including phenoxy) is 1. The van der Waals surface area contributed by atoms with Gasteiger partial charge in [0.2, 0.25) is 0 Å². The monoisotopic (exact) mass is 494 g/mol. The van der Waals surface area contributed by atoms with Gasteiger partial charge in [-0.25, -0.2) is 4.79 Å². The van der Waals surface area contributed by atoms with Crippen LogP contribution in [0.5, 0.6) is 0 Å². The Morgan fingerprint density at radius 3 is 2.74 bits per heavy atom. The van der Waals surface area contributed by atoms with Gasteiger partial charge in [0.05, 0.1) is 11.5 Å². The molecule has 2 aliphatic rings. The number of thiophene rings is 2. The number of carbonyl (C=O) groups is 2. The molecule has 0 spiro atoms. The molecular weight excluding hydrogens is 464 g/mol. The molecule has 0 radical (unpaired) electrons. The molecule has 34 heavy (non-hydrogen) atoms. The van der Waals surface area contributed by atoms with Gasteiger partial charge in [0.1, 0.15) is 5.54 Å². The van der Waals surface area contributed by atoms with Crippen LogP contribution in [0.25, 0.3) is 0 Å². The van der Waals surface area contributed by atoms with Gasteiger partial charge >= 0.3 is 5.97 Å². The van der Waals surface area contributed by atoms with Gasteiger partial charge in [-0.3, -0.25) is 15.0 Å². The number of benzene rings is 1. The van der Waals surface area contributed by atoms with E-state index in [2.05, 4.69) is 33.8 Å². The molecule has 0 amide bonds. The summed E-state index contributed by atoms with van der Waals surface area (Å²) in [5.74, 6) is 0.232. The van der Waals surface area contributed by atoms with Crippen molar-refractivity contribution in [3.05, 3.63) is 79.7 Å². The van der Waals surface area contributed by atoms with Crippen LogP contribution >= 0.6 is 22.7 Å². The molecule has 1 fully saturated rings. The molecule has 1 N–H and O–H groups in total. The number of fused-ring (bicyclic) bond motifs is 1. The van der Waals surface area contributed by atoms with Gasteiger partial charge in [0, 0.05) is 22.8 Å². The van der Waals surface area contributed by atoms with Crippen LogP contribution in [0.1, 0.15) is 49.8 Å². The number of hydrogen-bond acceptors (Lipinski definition) is 7. The van der Waals surface area contributed by atoms with Gasteiger partial charge in [0.25, 0.3) is 0 Å². The number of carbonyl (C=O) groups excluding carboxylic acids is 2. The minimum Gasteiger partial charge on any atom is -0.464 e. The maximum Gasteiger partial charge on any atom is 0.331 e. The first kappa shape index (κ1) is 23.4. The predicted molar refractivity (Wildman–Crippen MR) is 136 cm³/mol. The van der Waals surface area contributed by atoms with Crippen LogP contribution in [0.15, 0.2) is 53.9 Å². The van der Waals surface area contributed by atoms with Crippen LogP contribution in [0.3, 0.4) is 0 Å². The Morgan fingerprint density at radius 1 is 1.12 bits per heavy atom. The second kappa shape index (κ2) is 10.5. The lowest BCUT2D eigenvalue weighted by molar-refractivity contribution is -0.154. The van der Waals surface area contributed by atoms with Crippen molar-refractivity contribution in [2.24, 2.45) is 5.92 Å². The molecule has 1 aliphatic carbocycles. The molecule has 2 aromatic heterocycles. The van der Waals surface area contributed by atoms with Crippen molar-refractivity contribution in [2.75, 3.05) is 19.7 Å². The minimum absolute atomic E-state index is 0.175. The van der Waals surface area contributed by atoms with Crippen LogP contribution in [0, 0.1) is 5.92 Å². The Kier molecular flexibility index (Phi) is 7.25. The summed E-state index contributed by atoms with van der Waals surface area (Å²) in [6.07, 6.45) is 4.52. The fourth-order valence-corrected chi connectivity index (χ4v) is 6.63. The number of piperidine rings is 1. The molecule has 1 unspecified atom stereocenters. The number of rotatable bonds is 9. The number of esters is 1. The fourth-order valence-electron chi connectivity index (χ4n) is 5.12. The van der Waals surface area contributed by atoms with Crippen molar-refractivity contribution in [3.8, 4) is 0 Å². The third-order valence-electron chi connectivity index (χ3n) is 7.07. The third kappa shape index (κ3) is 5.03. The van der Waals surface area contributed by atoms with Gasteiger partial charge in [-0.2, -0.15) is 0 Å². The Balaban J connectivity index is 1.21. The normalized spacial score (nSPS) is 20.8. The summed E-state index contributed by atoms with van der Waals surface area (Å²) in [6.45, 7) is 4.12. The maximum atomic E-state index is 13.6. The fraction of sp³-hybridized carbons (Fsp3) is 0.407. The molecule has 5 nitrogen and oxygen atoms in total. The molecule has 7 heteroatoms. The molecule has 1 aromatic carbocycles. The summed E-state index contributed by atoms with van der Waals surface area (Å²) < 4.78 is 6.01. The molecule has 5 rings (SSSR count). The zero-order chi connectivity index (χ0) is 23.4. The Hall–Kier alpha value is -2.32. The van der Waals surface area contributed by atoms with Crippen LogP contribution in [-0.4, -0.2) is 36.9 Å². The molecular formula is C27H30N2O3S2. The lowest BCUT2D eigenvalue weighted by Gasteiger charge is -2.33. The average molecular weight is 495 g/mol. The standard InChI is InChI=1S/C27H30N2O3S2/c30-18-24-8-7-22(34-24)16-28-27(12-9-21-4-1-2-6-25(21)27)26(31)32-19-20-10-13-29(14-11-20)17-23-5-3-15-33-23/h1-8,15,18,20,28H,9-14,16-17,19H2. The number of likely N-dealkylation sites (tertiary alicyclic amines) is 1. The van der Waals surface area contributed by atoms with Crippen LogP contribution in [0.2, 0.25) is 0 Å². The summed E-state index contributed by atoms with van der Waals surface area (Å²) >= 11 is 3.27. The van der Waals surface area contributed by atoms with E-state index in [1.807, 2.05) is 41.7 Å². The molecule has 0 saturated carbocycles. The lowest BCUT2D eigenvalue weighted by Crippen LogP contribution is -2.48. The average Bonchev–Trinajstić information content (AvgIpc) is 3.63. The Bertz CT molecular complexity index is 1120. The smallest absolute Gasteiger partial charge is 0.331 e. The van der Waals surface area contributed by atoms with E-state index < -0.39 is 5.54 Å². The summed E-state index contributed by atoms with van der Waals surface area (Å²) in [4.78, 5) is 30.3. The number of nitrogens with zero attached hydrogens (tertiary/aromatic N) is 1. The van der Waals surface area contributed by atoms with Crippen LogP contribution in [0.4, 0.5) is 0 Å². The van der Waals surface area contributed by atoms with E-state index >= 15 is 0 Å². The number of aryl methyl sites for hydroxylation is 1. The topological polar surface area (TPSA) is 58.6 Å². The van der Waals surface area contributed by atoms with Crippen molar-refractivity contribution < 1.29 is 14.3 Å². The van der Waals surface area contributed by atoms with E-state index in [9.17, 15) is 9.59 Å². The highest BCUT2D eigenvalue weighted by Gasteiger charge is 2.46. The third-order valence-corrected chi connectivity index (χ3v) is 8.95. The van der Waals surface area contributed by atoms with Gasteiger partial charge in [0.15, 0.2) is 6.29 Å². The molecule has 3 heterocycles. The summed E-state index contributed by atoms with van der Waals surface area (Å²) in [5.41, 5.74) is 1.40. The minimum atomic E-state index is -0.832. The van der Waals surface area contributed by atoms with Crippen molar-refractivity contribution in [3.63, 3.8) is 0 Å². The first-order valence-corrected chi connectivity index (χ1v) is 13.7. The quantitative estimate of drug-likeness (QED) is 0.335. The van der Waals surface area contributed by atoms with Crippen LogP contribution < -0.4 is 5.32 Å².